The third kappa shape index (κ3) is 3.19. The van der Waals surface area contributed by atoms with Gasteiger partial charge in [0.2, 0.25) is 11.8 Å². The van der Waals surface area contributed by atoms with E-state index in [0.29, 0.717) is 25.9 Å². The number of likely N-dealkylation sites (tertiary alicyclic amines) is 2. The van der Waals surface area contributed by atoms with E-state index >= 15 is 0 Å². The van der Waals surface area contributed by atoms with Gasteiger partial charge in [0.1, 0.15) is 0 Å². The zero-order valence-electron chi connectivity index (χ0n) is 10.2. The molecule has 2 aliphatic rings. The molecule has 0 spiro atoms. The van der Waals surface area contributed by atoms with Gasteiger partial charge in [-0.3, -0.25) is 9.59 Å². The number of hydrogen-bond donors (Lipinski definition) is 1. The van der Waals surface area contributed by atoms with Gasteiger partial charge in [-0.1, -0.05) is 0 Å². The number of rotatable bonds is 3. The Kier molecular flexibility index (Phi) is 3.99. The van der Waals surface area contributed by atoms with E-state index in [1.54, 1.807) is 4.90 Å². The lowest BCUT2D eigenvalue weighted by molar-refractivity contribution is -0.133. The quantitative estimate of drug-likeness (QED) is 0.751. The van der Waals surface area contributed by atoms with Crippen molar-refractivity contribution in [2.45, 2.75) is 38.1 Å². The summed E-state index contributed by atoms with van der Waals surface area (Å²) in [6, 6.07) is 0.126. The Labute approximate surface area is 102 Å². The van der Waals surface area contributed by atoms with Crippen molar-refractivity contribution in [2.24, 2.45) is 5.73 Å². The number of nitrogens with two attached hydrogens (primary N) is 1. The third-order valence-corrected chi connectivity index (χ3v) is 3.58. The highest BCUT2D eigenvalue weighted by molar-refractivity contribution is 5.80. The van der Waals surface area contributed by atoms with Crippen LogP contribution in [0.15, 0.2) is 0 Å². The maximum absolute atomic E-state index is 11.9. The van der Waals surface area contributed by atoms with Crippen molar-refractivity contribution >= 4 is 11.8 Å². The van der Waals surface area contributed by atoms with Crippen molar-refractivity contribution in [2.75, 3.05) is 26.2 Å². The summed E-state index contributed by atoms with van der Waals surface area (Å²) in [6.45, 7) is 2.88. The van der Waals surface area contributed by atoms with Gasteiger partial charge in [0.05, 0.1) is 0 Å². The van der Waals surface area contributed by atoms with Gasteiger partial charge in [-0.2, -0.15) is 0 Å². The molecular weight excluding hydrogens is 218 g/mol. The minimum Gasteiger partial charge on any atom is -0.342 e. The van der Waals surface area contributed by atoms with Crippen LogP contribution in [0.3, 0.4) is 0 Å². The molecule has 96 valence electrons. The molecule has 1 unspecified atom stereocenters. The van der Waals surface area contributed by atoms with Gasteiger partial charge in [0.25, 0.3) is 0 Å². The van der Waals surface area contributed by atoms with E-state index in [1.165, 1.54) is 0 Å². The summed E-state index contributed by atoms with van der Waals surface area (Å²) in [5.74, 6) is 0.327. The molecular formula is C12H21N3O2. The molecule has 0 aromatic rings. The Balaban J connectivity index is 1.74. The Morgan fingerprint density at radius 3 is 2.82 bits per heavy atom. The van der Waals surface area contributed by atoms with E-state index < -0.39 is 0 Å². The number of hydrogen-bond acceptors (Lipinski definition) is 3. The maximum Gasteiger partial charge on any atom is 0.224 e. The monoisotopic (exact) mass is 239 g/mol. The maximum atomic E-state index is 11.9. The first-order valence-electron chi connectivity index (χ1n) is 6.48. The second-order valence-electron chi connectivity index (χ2n) is 4.98. The number of carbonyl (C=O) groups is 2. The van der Waals surface area contributed by atoms with Crippen LogP contribution in [-0.4, -0.2) is 53.8 Å². The van der Waals surface area contributed by atoms with Crippen molar-refractivity contribution in [3.05, 3.63) is 0 Å². The predicted octanol–water partition coefficient (Wildman–Crippen LogP) is -0.0514. The predicted molar refractivity (Wildman–Crippen MR) is 64.2 cm³/mol. The summed E-state index contributed by atoms with van der Waals surface area (Å²) in [7, 11) is 0. The summed E-state index contributed by atoms with van der Waals surface area (Å²) in [6.07, 6.45) is 4.02. The summed E-state index contributed by atoms with van der Waals surface area (Å²) in [4.78, 5) is 27.0. The summed E-state index contributed by atoms with van der Waals surface area (Å²) < 4.78 is 0. The Hall–Kier alpha value is -1.10. The fourth-order valence-corrected chi connectivity index (χ4v) is 2.57. The number of carbonyl (C=O) groups excluding carboxylic acids is 2. The van der Waals surface area contributed by atoms with Crippen LogP contribution in [-0.2, 0) is 9.59 Å². The van der Waals surface area contributed by atoms with Gasteiger partial charge in [0.15, 0.2) is 0 Å². The first kappa shape index (κ1) is 12.4. The molecule has 0 aromatic carbocycles. The highest BCUT2D eigenvalue weighted by atomic mass is 16.2. The van der Waals surface area contributed by atoms with E-state index in [2.05, 4.69) is 0 Å². The lowest BCUT2D eigenvalue weighted by Gasteiger charge is -2.31. The molecule has 2 aliphatic heterocycles. The van der Waals surface area contributed by atoms with Crippen molar-refractivity contribution in [3.63, 3.8) is 0 Å². The first-order valence-corrected chi connectivity index (χ1v) is 6.48. The molecule has 0 aromatic heterocycles. The van der Waals surface area contributed by atoms with Gasteiger partial charge < -0.3 is 15.5 Å². The van der Waals surface area contributed by atoms with Crippen LogP contribution in [0.25, 0.3) is 0 Å². The fourth-order valence-electron chi connectivity index (χ4n) is 2.57. The molecule has 17 heavy (non-hydrogen) atoms. The van der Waals surface area contributed by atoms with Gasteiger partial charge in [-0.15, -0.1) is 0 Å². The van der Waals surface area contributed by atoms with E-state index in [-0.39, 0.29) is 17.9 Å². The number of nitrogens with zero attached hydrogens (tertiary/aromatic N) is 2. The van der Waals surface area contributed by atoms with Crippen LogP contribution in [0.5, 0.6) is 0 Å². The molecule has 1 atom stereocenters. The molecule has 0 aliphatic carbocycles. The zero-order valence-corrected chi connectivity index (χ0v) is 10.2. The fraction of sp³-hybridized carbons (Fsp3) is 0.833. The molecule has 0 bridgehead atoms. The van der Waals surface area contributed by atoms with E-state index in [0.717, 1.165) is 32.4 Å². The van der Waals surface area contributed by atoms with Crippen LogP contribution >= 0.6 is 0 Å². The summed E-state index contributed by atoms with van der Waals surface area (Å²) in [5, 5.41) is 0. The molecule has 2 rings (SSSR count). The van der Waals surface area contributed by atoms with Gasteiger partial charge in [-0.25, -0.2) is 0 Å². The molecule has 0 radical (unpaired) electrons. The average Bonchev–Trinajstić information content (AvgIpc) is 2.72. The lowest BCUT2D eigenvalue weighted by Crippen LogP contribution is -2.46. The SMILES string of the molecule is NC1CCCN(C(=O)CCN2CCCC2=O)C1. The second kappa shape index (κ2) is 5.49. The molecule has 2 heterocycles. The Bertz CT molecular complexity index is 306. The van der Waals surface area contributed by atoms with Crippen molar-refractivity contribution in [1.82, 2.24) is 9.80 Å². The van der Waals surface area contributed by atoms with Crippen LogP contribution in [0.1, 0.15) is 32.1 Å². The highest BCUT2D eigenvalue weighted by Gasteiger charge is 2.24. The Morgan fingerprint density at radius 2 is 2.18 bits per heavy atom. The third-order valence-electron chi connectivity index (χ3n) is 3.58. The second-order valence-corrected chi connectivity index (χ2v) is 4.98. The van der Waals surface area contributed by atoms with E-state index in [1.807, 2.05) is 4.90 Å². The molecule has 2 saturated heterocycles. The minimum atomic E-state index is 0.126. The van der Waals surface area contributed by atoms with Crippen molar-refractivity contribution in [1.29, 1.82) is 0 Å². The summed E-state index contributed by atoms with van der Waals surface area (Å²) >= 11 is 0. The topological polar surface area (TPSA) is 66.6 Å². The van der Waals surface area contributed by atoms with Crippen LogP contribution in [0.4, 0.5) is 0 Å². The average molecular weight is 239 g/mol. The van der Waals surface area contributed by atoms with Gasteiger partial charge >= 0.3 is 0 Å². The molecule has 2 N–H and O–H groups in total. The lowest BCUT2D eigenvalue weighted by atomic mass is 10.1. The summed E-state index contributed by atoms with van der Waals surface area (Å²) in [5.41, 5.74) is 5.84. The Morgan fingerprint density at radius 1 is 1.35 bits per heavy atom. The normalized spacial score (nSPS) is 25.5. The zero-order chi connectivity index (χ0) is 12.3. The smallest absolute Gasteiger partial charge is 0.224 e. The molecule has 5 nitrogen and oxygen atoms in total. The molecule has 0 saturated carbocycles. The van der Waals surface area contributed by atoms with E-state index in [4.69, 9.17) is 5.73 Å². The minimum absolute atomic E-state index is 0.126. The largest absolute Gasteiger partial charge is 0.342 e. The van der Waals surface area contributed by atoms with Crippen molar-refractivity contribution < 1.29 is 9.59 Å². The van der Waals surface area contributed by atoms with Crippen LogP contribution in [0.2, 0.25) is 0 Å². The van der Waals surface area contributed by atoms with E-state index in [9.17, 15) is 9.59 Å². The standard InChI is InChI=1S/C12H21N3O2/c13-10-3-1-7-15(9-10)12(17)5-8-14-6-2-4-11(14)16/h10H,1-9,13H2. The van der Waals surface area contributed by atoms with Crippen LogP contribution in [0, 0.1) is 0 Å². The van der Waals surface area contributed by atoms with Crippen molar-refractivity contribution in [3.8, 4) is 0 Å². The molecule has 2 fully saturated rings. The first-order chi connectivity index (χ1) is 8.16. The molecule has 5 heteroatoms. The van der Waals surface area contributed by atoms with Crippen LogP contribution < -0.4 is 5.73 Å². The highest BCUT2D eigenvalue weighted by Crippen LogP contribution is 2.12. The number of piperidine rings is 1. The molecule has 2 amide bonds. The van der Waals surface area contributed by atoms with Gasteiger partial charge in [-0.05, 0) is 19.3 Å². The number of amides is 2. The van der Waals surface area contributed by atoms with Gasteiger partial charge in [0, 0.05) is 45.1 Å².